The summed E-state index contributed by atoms with van der Waals surface area (Å²) in [4.78, 5) is 4.76. The quantitative estimate of drug-likeness (QED) is 0.153. The SMILES string of the molecule is CC(C)(C)c1ccc(N(c2ccc(C#N)cc2)c2ccc3c(c2)C(C)(C)c2cc(N(c4ccccc4)c4ccc([Si](C)(C)C)cc4)c4ccccc4c2-3)cc1. The van der Waals surface area contributed by atoms with Crippen LogP contribution in [0, 0.1) is 11.3 Å². The number of nitrogens with zero attached hydrogens (tertiary/aromatic N) is 3. The molecule has 0 aromatic heterocycles. The van der Waals surface area contributed by atoms with Crippen molar-refractivity contribution in [2.45, 2.75) is 65.1 Å². The summed E-state index contributed by atoms with van der Waals surface area (Å²) >= 11 is 0. The number of fused-ring (bicyclic) bond motifs is 5. The molecule has 3 nitrogen and oxygen atoms in total. The molecule has 0 N–H and O–H groups in total. The van der Waals surface area contributed by atoms with Crippen LogP contribution < -0.4 is 15.0 Å². The Morgan fingerprint density at radius 2 is 1.07 bits per heavy atom. The third-order valence-electron chi connectivity index (χ3n) is 11.4. The molecule has 0 unspecified atom stereocenters. The summed E-state index contributed by atoms with van der Waals surface area (Å²) in [5.74, 6) is 0. The van der Waals surface area contributed by atoms with Crippen LogP contribution >= 0.6 is 0 Å². The first-order valence-corrected chi connectivity index (χ1v) is 22.8. The van der Waals surface area contributed by atoms with Gasteiger partial charge in [0.05, 0.1) is 25.4 Å². The Kier molecular flexibility index (Phi) is 8.83. The van der Waals surface area contributed by atoms with E-state index in [9.17, 15) is 5.26 Å². The minimum atomic E-state index is -1.47. The van der Waals surface area contributed by atoms with E-state index in [-0.39, 0.29) is 10.8 Å². The summed E-state index contributed by atoms with van der Waals surface area (Å²) in [7, 11) is -1.47. The van der Waals surface area contributed by atoms with Gasteiger partial charge in [-0.25, -0.2) is 0 Å². The second kappa shape index (κ2) is 13.4. The molecule has 0 radical (unpaired) electrons. The maximum absolute atomic E-state index is 9.59. The van der Waals surface area contributed by atoms with E-state index < -0.39 is 8.07 Å². The van der Waals surface area contributed by atoms with Gasteiger partial charge in [-0.2, -0.15) is 5.26 Å². The Hall–Kier alpha value is -5.89. The Balaban J connectivity index is 1.31. The summed E-state index contributed by atoms with van der Waals surface area (Å²) < 4.78 is 0. The first-order chi connectivity index (χ1) is 26.3. The third kappa shape index (κ3) is 6.43. The standard InChI is InChI=1S/C51H49N3Si/c1-50(2,3)36-20-24-39(25-21-36)53(38-22-18-35(34-52)19-23-38)41-28-31-45-46(32-41)51(4,5)47-33-48(43-16-12-13-17-44(43)49(45)47)54(37-14-10-9-11-15-37)40-26-29-42(30-27-40)55(6,7)8/h9-33H,1-8H3. The fourth-order valence-electron chi connectivity index (χ4n) is 8.23. The molecule has 0 amide bonds. The van der Waals surface area contributed by atoms with Crippen LogP contribution in [0.2, 0.25) is 19.6 Å². The molecule has 0 aliphatic heterocycles. The van der Waals surface area contributed by atoms with Crippen LogP contribution in [0.15, 0.2) is 152 Å². The molecule has 0 bridgehead atoms. The lowest BCUT2D eigenvalue weighted by Gasteiger charge is -2.30. The van der Waals surface area contributed by atoms with Gasteiger partial charge < -0.3 is 9.80 Å². The van der Waals surface area contributed by atoms with Crippen molar-refractivity contribution in [3.05, 3.63) is 174 Å². The highest BCUT2D eigenvalue weighted by atomic mass is 28.3. The molecule has 1 aliphatic rings. The van der Waals surface area contributed by atoms with Crippen LogP contribution in [0.5, 0.6) is 0 Å². The molecule has 0 saturated heterocycles. The molecule has 0 heterocycles. The van der Waals surface area contributed by atoms with Crippen LogP contribution in [0.4, 0.5) is 34.1 Å². The lowest BCUT2D eigenvalue weighted by molar-refractivity contribution is 0.590. The maximum Gasteiger partial charge on any atom is 0.0991 e. The smallest absolute Gasteiger partial charge is 0.0991 e. The van der Waals surface area contributed by atoms with E-state index in [1.54, 1.807) is 0 Å². The maximum atomic E-state index is 9.59. The second-order valence-electron chi connectivity index (χ2n) is 17.5. The highest BCUT2D eigenvalue weighted by molar-refractivity contribution is 6.88. The predicted octanol–water partition coefficient (Wildman–Crippen LogP) is 13.8. The van der Waals surface area contributed by atoms with Crippen molar-refractivity contribution in [3.63, 3.8) is 0 Å². The summed E-state index contributed by atoms with van der Waals surface area (Å²) in [5.41, 5.74) is 13.6. The number of rotatable bonds is 7. The highest BCUT2D eigenvalue weighted by Crippen LogP contribution is 2.55. The summed E-state index contributed by atoms with van der Waals surface area (Å²) in [6.07, 6.45) is 0. The van der Waals surface area contributed by atoms with Crippen LogP contribution in [0.1, 0.15) is 56.9 Å². The summed E-state index contributed by atoms with van der Waals surface area (Å²) in [6.45, 7) is 18.7. The van der Waals surface area contributed by atoms with Crippen molar-refractivity contribution >= 4 is 58.2 Å². The molecule has 7 aromatic rings. The molecular weight excluding hydrogens is 683 g/mol. The minimum Gasteiger partial charge on any atom is -0.310 e. The van der Waals surface area contributed by atoms with E-state index in [2.05, 4.69) is 210 Å². The van der Waals surface area contributed by atoms with Gasteiger partial charge in [0.15, 0.2) is 0 Å². The molecule has 55 heavy (non-hydrogen) atoms. The molecule has 7 aromatic carbocycles. The Bertz CT molecular complexity index is 2570. The first-order valence-electron chi connectivity index (χ1n) is 19.3. The van der Waals surface area contributed by atoms with Gasteiger partial charge in [0.1, 0.15) is 0 Å². The third-order valence-corrected chi connectivity index (χ3v) is 13.5. The van der Waals surface area contributed by atoms with Crippen LogP contribution in [-0.2, 0) is 10.8 Å². The molecule has 8 rings (SSSR count). The monoisotopic (exact) mass is 731 g/mol. The number of hydrogen-bond donors (Lipinski definition) is 0. The van der Waals surface area contributed by atoms with Gasteiger partial charge in [-0.15, -0.1) is 0 Å². The van der Waals surface area contributed by atoms with E-state index in [1.165, 1.54) is 49.5 Å². The zero-order valence-electron chi connectivity index (χ0n) is 33.3. The molecule has 4 heteroatoms. The Morgan fingerprint density at radius 1 is 0.545 bits per heavy atom. The van der Waals surface area contributed by atoms with E-state index in [1.807, 2.05) is 12.1 Å². The van der Waals surface area contributed by atoms with Crippen LogP contribution in [-0.4, -0.2) is 8.07 Å². The number of anilines is 6. The van der Waals surface area contributed by atoms with Crippen molar-refractivity contribution in [2.75, 3.05) is 9.80 Å². The summed E-state index contributed by atoms with van der Waals surface area (Å²) in [6, 6.07) is 57.6. The minimum absolute atomic E-state index is 0.0519. The van der Waals surface area contributed by atoms with Crippen molar-refractivity contribution in [1.29, 1.82) is 5.26 Å². The van der Waals surface area contributed by atoms with Gasteiger partial charge in [-0.05, 0) is 117 Å². The molecule has 0 fully saturated rings. The van der Waals surface area contributed by atoms with E-state index in [0.29, 0.717) is 5.56 Å². The molecular formula is C51H49N3Si. The molecule has 272 valence electrons. The summed E-state index contributed by atoms with van der Waals surface area (Å²) in [5, 5.41) is 13.5. The lowest BCUT2D eigenvalue weighted by atomic mass is 9.81. The highest BCUT2D eigenvalue weighted by Gasteiger charge is 2.38. The molecule has 0 atom stereocenters. The van der Waals surface area contributed by atoms with Crippen molar-refractivity contribution < 1.29 is 0 Å². The predicted molar refractivity (Wildman–Crippen MR) is 237 cm³/mol. The number of benzene rings is 7. The van der Waals surface area contributed by atoms with Gasteiger partial charge in [0, 0.05) is 39.2 Å². The van der Waals surface area contributed by atoms with Crippen molar-refractivity contribution in [3.8, 4) is 17.2 Å². The Morgan fingerprint density at radius 3 is 1.67 bits per heavy atom. The van der Waals surface area contributed by atoms with E-state index in [4.69, 9.17) is 0 Å². The topological polar surface area (TPSA) is 30.3 Å². The van der Waals surface area contributed by atoms with Crippen LogP contribution in [0.25, 0.3) is 21.9 Å². The average molecular weight is 732 g/mol. The normalized spacial score (nSPS) is 13.2. The van der Waals surface area contributed by atoms with Gasteiger partial charge in [0.2, 0.25) is 0 Å². The number of para-hydroxylation sites is 1. The largest absolute Gasteiger partial charge is 0.310 e. The fraction of sp³-hybridized carbons (Fsp3) is 0.196. The zero-order chi connectivity index (χ0) is 38.7. The molecule has 0 saturated carbocycles. The van der Waals surface area contributed by atoms with Crippen molar-refractivity contribution in [2.24, 2.45) is 0 Å². The second-order valence-corrected chi connectivity index (χ2v) is 22.6. The van der Waals surface area contributed by atoms with Crippen LogP contribution in [0.3, 0.4) is 0 Å². The van der Waals surface area contributed by atoms with Gasteiger partial charge in [-0.3, -0.25) is 0 Å². The fourth-order valence-corrected chi connectivity index (χ4v) is 9.40. The average Bonchev–Trinajstić information content (AvgIpc) is 3.41. The zero-order valence-corrected chi connectivity index (χ0v) is 34.3. The lowest BCUT2D eigenvalue weighted by Crippen LogP contribution is -2.37. The number of hydrogen-bond acceptors (Lipinski definition) is 3. The van der Waals surface area contributed by atoms with Gasteiger partial charge in [-0.1, -0.05) is 132 Å². The van der Waals surface area contributed by atoms with Gasteiger partial charge in [0.25, 0.3) is 0 Å². The van der Waals surface area contributed by atoms with E-state index >= 15 is 0 Å². The molecule has 0 spiro atoms. The first kappa shape index (κ1) is 36.1. The Labute approximate surface area is 328 Å². The van der Waals surface area contributed by atoms with E-state index in [0.717, 1.165) is 28.4 Å². The van der Waals surface area contributed by atoms with Crippen molar-refractivity contribution in [1.82, 2.24) is 0 Å². The molecule has 1 aliphatic carbocycles. The van der Waals surface area contributed by atoms with Gasteiger partial charge >= 0.3 is 0 Å². The number of nitriles is 1.